The lowest BCUT2D eigenvalue weighted by Gasteiger charge is -2.17. The number of aliphatic carboxylic acids is 1. The third kappa shape index (κ3) is 7.84. The first kappa shape index (κ1) is 29.2. The minimum Gasteiger partial charge on any atom is -0.507 e. The van der Waals surface area contributed by atoms with Crippen LogP contribution in [0.3, 0.4) is 0 Å². The Morgan fingerprint density at radius 1 is 1.05 bits per heavy atom. The fourth-order valence-corrected chi connectivity index (χ4v) is 3.69. The molecule has 208 valence electrons. The number of nitrogens with zero attached hydrogens (tertiary/aromatic N) is 2. The van der Waals surface area contributed by atoms with E-state index >= 15 is 0 Å². The minimum atomic E-state index is -1.26. The van der Waals surface area contributed by atoms with Gasteiger partial charge >= 0.3 is 11.9 Å². The normalized spacial score (nSPS) is 11.7. The molecule has 11 heteroatoms. The number of hydrogen-bond acceptors (Lipinski definition) is 7. The van der Waals surface area contributed by atoms with Gasteiger partial charge in [0.1, 0.15) is 17.5 Å². The molecule has 0 aliphatic heterocycles. The molecule has 0 aromatic heterocycles. The molecule has 11 nitrogen and oxygen atoms in total. The average molecular weight is 546 g/mol. The second-order valence-electron chi connectivity index (χ2n) is 9.13. The smallest absolute Gasteiger partial charge is 0.339 e. The van der Waals surface area contributed by atoms with Crippen LogP contribution in [-0.4, -0.2) is 54.2 Å². The molecule has 0 aliphatic rings. The number of esters is 1. The Kier molecular flexibility index (Phi) is 9.47. The van der Waals surface area contributed by atoms with E-state index in [4.69, 9.17) is 16.2 Å². The van der Waals surface area contributed by atoms with Crippen LogP contribution in [0.4, 0.5) is 11.4 Å². The molecule has 40 heavy (non-hydrogen) atoms. The summed E-state index contributed by atoms with van der Waals surface area (Å²) in [6.45, 7) is 1.50. The van der Waals surface area contributed by atoms with Crippen LogP contribution >= 0.6 is 0 Å². The van der Waals surface area contributed by atoms with E-state index in [9.17, 15) is 24.6 Å². The van der Waals surface area contributed by atoms with Crippen LogP contribution in [0.5, 0.6) is 11.5 Å². The Labute approximate surface area is 231 Å². The monoisotopic (exact) mass is 545 g/mol. The molecular formula is C29H31N5O6. The first-order valence-electron chi connectivity index (χ1n) is 12.2. The number of phenolic OH excluding ortho intramolecular Hbond substituents is 1. The molecule has 0 saturated heterocycles. The highest BCUT2D eigenvalue weighted by Crippen LogP contribution is 2.28. The fourth-order valence-electron chi connectivity index (χ4n) is 3.69. The van der Waals surface area contributed by atoms with Crippen LogP contribution in [0.1, 0.15) is 28.4 Å². The van der Waals surface area contributed by atoms with E-state index in [1.807, 2.05) is 19.0 Å². The molecule has 0 aliphatic carbocycles. The number of phenols is 1. The van der Waals surface area contributed by atoms with E-state index in [2.05, 4.69) is 10.3 Å². The first-order valence-corrected chi connectivity index (χ1v) is 12.2. The van der Waals surface area contributed by atoms with Gasteiger partial charge in [-0.15, -0.1) is 0 Å². The number of amides is 1. The van der Waals surface area contributed by atoms with Gasteiger partial charge in [0, 0.05) is 43.4 Å². The summed E-state index contributed by atoms with van der Waals surface area (Å²) in [5.74, 6) is -3.27. The number of carbonyl (C=O) groups is 3. The van der Waals surface area contributed by atoms with Crippen molar-refractivity contribution in [3.63, 3.8) is 0 Å². The molecule has 1 amide bonds. The zero-order chi connectivity index (χ0) is 29.4. The van der Waals surface area contributed by atoms with Crippen molar-refractivity contribution in [2.24, 2.45) is 16.5 Å². The molecule has 0 radical (unpaired) electrons. The van der Waals surface area contributed by atoms with Crippen molar-refractivity contribution in [1.82, 2.24) is 5.32 Å². The minimum absolute atomic E-state index is 0.0295. The third-order valence-electron chi connectivity index (χ3n) is 5.78. The quantitative estimate of drug-likeness (QED) is 0.0841. The highest BCUT2D eigenvalue weighted by Gasteiger charge is 2.24. The van der Waals surface area contributed by atoms with Gasteiger partial charge in [0.15, 0.2) is 5.96 Å². The lowest BCUT2D eigenvalue weighted by atomic mass is 10.1. The molecule has 7 N–H and O–H groups in total. The van der Waals surface area contributed by atoms with E-state index in [1.54, 1.807) is 48.5 Å². The van der Waals surface area contributed by atoms with Crippen molar-refractivity contribution in [3.05, 3.63) is 89.0 Å². The van der Waals surface area contributed by atoms with Gasteiger partial charge in [-0.2, -0.15) is 0 Å². The van der Waals surface area contributed by atoms with Crippen LogP contribution in [0.25, 0.3) is 6.08 Å². The number of aromatic hydroxyl groups is 1. The zero-order valence-electron chi connectivity index (χ0n) is 22.3. The summed E-state index contributed by atoms with van der Waals surface area (Å²) < 4.78 is 5.51. The standard InChI is InChI=1S/C29H31N5O6/c1-17(13-19-9-11-21(34(2)3)16-24(19)35)28(39)40-25-12-10-20(32-29(30)31)15-22(25)26(36)33-23(27(37)38)14-18-7-5-4-6-8-18/h4-13,15-16,23,35H,14H2,1-3H3,(H,33,36)(H,37,38)(H4,30,31,32)/b17-13+/t23-/m0/s1. The molecule has 0 fully saturated rings. The number of carbonyl (C=O) groups excluding carboxylic acids is 2. The number of carboxylic acids is 1. The van der Waals surface area contributed by atoms with Crippen LogP contribution in [-0.2, 0) is 16.0 Å². The van der Waals surface area contributed by atoms with Gasteiger partial charge in [0.05, 0.1) is 11.3 Å². The largest absolute Gasteiger partial charge is 0.507 e. The molecule has 0 bridgehead atoms. The summed E-state index contributed by atoms with van der Waals surface area (Å²) in [6.07, 6.45) is 1.48. The number of ether oxygens (including phenoxy) is 1. The lowest BCUT2D eigenvalue weighted by molar-refractivity contribution is -0.139. The number of benzene rings is 3. The van der Waals surface area contributed by atoms with Gasteiger partial charge in [0.2, 0.25) is 0 Å². The molecule has 0 unspecified atom stereocenters. The van der Waals surface area contributed by atoms with Crippen LogP contribution in [0, 0.1) is 0 Å². The second kappa shape index (κ2) is 13.0. The predicted molar refractivity (Wildman–Crippen MR) is 153 cm³/mol. The summed E-state index contributed by atoms with van der Waals surface area (Å²) in [6, 6.07) is 16.6. The fraction of sp³-hybridized carbons (Fsp3) is 0.172. The van der Waals surface area contributed by atoms with Crippen molar-refractivity contribution in [1.29, 1.82) is 0 Å². The number of guanidine groups is 1. The number of carboxylic acid groups (broad SMARTS) is 1. The van der Waals surface area contributed by atoms with Gasteiger partial charge in [0.25, 0.3) is 5.91 Å². The summed E-state index contributed by atoms with van der Waals surface area (Å²) in [5.41, 5.74) is 13.0. The number of hydrogen-bond donors (Lipinski definition) is 5. The molecule has 3 rings (SSSR count). The predicted octanol–water partition coefficient (Wildman–Crippen LogP) is 2.80. The molecule has 3 aromatic carbocycles. The number of nitrogens with two attached hydrogens (primary N) is 2. The average Bonchev–Trinajstić information content (AvgIpc) is 2.90. The number of rotatable bonds is 10. The lowest BCUT2D eigenvalue weighted by Crippen LogP contribution is -2.42. The van der Waals surface area contributed by atoms with Crippen LogP contribution < -0.4 is 26.4 Å². The maximum atomic E-state index is 13.3. The van der Waals surface area contributed by atoms with Gasteiger partial charge in [-0.25, -0.2) is 14.6 Å². The van der Waals surface area contributed by atoms with Gasteiger partial charge in [-0.1, -0.05) is 30.3 Å². The number of anilines is 1. The van der Waals surface area contributed by atoms with Crippen molar-refractivity contribution in [2.75, 3.05) is 19.0 Å². The Bertz CT molecular complexity index is 1460. The van der Waals surface area contributed by atoms with E-state index in [-0.39, 0.29) is 40.7 Å². The summed E-state index contributed by atoms with van der Waals surface area (Å²) in [5, 5.41) is 22.5. The van der Waals surface area contributed by atoms with E-state index < -0.39 is 23.9 Å². The third-order valence-corrected chi connectivity index (χ3v) is 5.78. The van der Waals surface area contributed by atoms with Crippen LogP contribution in [0.15, 0.2) is 77.3 Å². The summed E-state index contributed by atoms with van der Waals surface area (Å²) >= 11 is 0. The highest BCUT2D eigenvalue weighted by molar-refractivity contribution is 6.02. The second-order valence-corrected chi connectivity index (χ2v) is 9.13. The summed E-state index contributed by atoms with van der Waals surface area (Å²) in [4.78, 5) is 43.8. The first-order chi connectivity index (χ1) is 18.9. The highest BCUT2D eigenvalue weighted by atomic mass is 16.5. The zero-order valence-corrected chi connectivity index (χ0v) is 22.3. The van der Waals surface area contributed by atoms with Crippen molar-refractivity contribution in [2.45, 2.75) is 19.4 Å². The van der Waals surface area contributed by atoms with Gasteiger partial charge in [-0.3, -0.25) is 4.79 Å². The number of aliphatic imine (C=N–C) groups is 1. The Morgan fingerprint density at radius 3 is 2.35 bits per heavy atom. The molecule has 0 heterocycles. The Morgan fingerprint density at radius 2 is 1.75 bits per heavy atom. The summed E-state index contributed by atoms with van der Waals surface area (Å²) in [7, 11) is 3.67. The van der Waals surface area contributed by atoms with Crippen LogP contribution in [0.2, 0.25) is 0 Å². The maximum Gasteiger partial charge on any atom is 0.339 e. The Balaban J connectivity index is 1.89. The molecular weight excluding hydrogens is 514 g/mol. The SMILES string of the molecule is C/C(=C\c1ccc(N(C)C)cc1O)C(=O)Oc1ccc(N=C(N)N)cc1C(=O)N[C@@H](Cc1ccccc1)C(=O)O. The molecule has 0 spiro atoms. The van der Waals surface area contributed by atoms with Gasteiger partial charge in [-0.05, 0) is 48.9 Å². The van der Waals surface area contributed by atoms with E-state index in [0.29, 0.717) is 11.1 Å². The van der Waals surface area contributed by atoms with Crippen molar-refractivity contribution in [3.8, 4) is 11.5 Å². The van der Waals surface area contributed by atoms with E-state index in [0.717, 1.165) is 5.69 Å². The molecule has 0 saturated carbocycles. The molecule has 3 aromatic rings. The Hall–Kier alpha value is -5.32. The van der Waals surface area contributed by atoms with Crippen molar-refractivity contribution < 1.29 is 29.3 Å². The maximum absolute atomic E-state index is 13.3. The number of nitrogens with one attached hydrogen (secondary N) is 1. The topological polar surface area (TPSA) is 181 Å². The van der Waals surface area contributed by atoms with Crippen molar-refractivity contribution >= 4 is 41.3 Å². The molecule has 1 atom stereocenters. The van der Waals surface area contributed by atoms with E-state index in [1.165, 1.54) is 31.2 Å². The van der Waals surface area contributed by atoms with Gasteiger partial charge < -0.3 is 36.6 Å².